The van der Waals surface area contributed by atoms with E-state index in [1.807, 2.05) is 6.07 Å². The Morgan fingerprint density at radius 3 is 2.54 bits per heavy atom. The quantitative estimate of drug-likeness (QED) is 0.590. The van der Waals surface area contributed by atoms with Gasteiger partial charge < -0.3 is 19.9 Å². The Hall–Kier alpha value is -2.21. The van der Waals surface area contributed by atoms with Gasteiger partial charge >= 0.3 is 0 Å². The van der Waals surface area contributed by atoms with Gasteiger partial charge in [0.25, 0.3) is 5.91 Å². The van der Waals surface area contributed by atoms with Crippen molar-refractivity contribution in [1.29, 1.82) is 0 Å². The van der Waals surface area contributed by atoms with Crippen LogP contribution >= 0.6 is 23.2 Å². The summed E-state index contributed by atoms with van der Waals surface area (Å²) in [5.41, 5.74) is 1.18. The molecule has 7 heteroatoms. The van der Waals surface area contributed by atoms with Crippen LogP contribution in [-0.4, -0.2) is 37.4 Å². The summed E-state index contributed by atoms with van der Waals surface area (Å²) in [7, 11) is 3.13. The summed E-state index contributed by atoms with van der Waals surface area (Å²) in [6.07, 6.45) is 1.46. The average molecular weight is 424 g/mol. The normalized spacial score (nSPS) is 12.8. The van der Waals surface area contributed by atoms with Gasteiger partial charge in [0, 0.05) is 11.6 Å². The third-order valence-electron chi connectivity index (χ3n) is 4.30. The first-order chi connectivity index (χ1) is 13.4. The summed E-state index contributed by atoms with van der Waals surface area (Å²) in [5, 5.41) is 14.0. The maximum Gasteiger partial charge on any atom is 0.251 e. The average Bonchev–Trinajstić information content (AvgIpc) is 2.69. The van der Waals surface area contributed by atoms with Crippen molar-refractivity contribution in [2.45, 2.75) is 25.0 Å². The molecule has 2 aromatic rings. The van der Waals surface area contributed by atoms with E-state index >= 15 is 0 Å². The molecule has 150 valence electrons. The number of halogens is 2. The number of hydrogen-bond acceptors (Lipinski definition) is 4. The van der Waals surface area contributed by atoms with Gasteiger partial charge in [0.15, 0.2) is 0 Å². The molecular formula is C21H23Cl2NO4. The molecule has 0 aliphatic rings. The fourth-order valence-electron chi connectivity index (χ4n) is 2.76. The highest BCUT2D eigenvalue weighted by atomic mass is 35.5. The van der Waals surface area contributed by atoms with E-state index < -0.39 is 12.1 Å². The molecule has 0 saturated heterocycles. The molecule has 0 aliphatic carbocycles. The Bertz CT molecular complexity index is 841. The number of carbonyl (C=O) groups excluding carboxylic acids is 1. The molecular weight excluding hydrogens is 401 g/mol. The van der Waals surface area contributed by atoms with Gasteiger partial charge in [-0.3, -0.25) is 4.79 Å². The SMILES string of the molecule is C=CCC(O)[C@H](Cc1ccc(OC)cc1OC)NC(=O)c1ccc(Cl)c(Cl)c1. The summed E-state index contributed by atoms with van der Waals surface area (Å²) in [5.74, 6) is 0.904. The lowest BCUT2D eigenvalue weighted by Crippen LogP contribution is -2.44. The van der Waals surface area contributed by atoms with E-state index in [4.69, 9.17) is 32.7 Å². The second-order valence-corrected chi connectivity index (χ2v) is 7.00. The van der Waals surface area contributed by atoms with E-state index in [-0.39, 0.29) is 10.9 Å². The van der Waals surface area contributed by atoms with Crippen molar-refractivity contribution in [3.05, 3.63) is 70.2 Å². The number of hydrogen-bond donors (Lipinski definition) is 2. The zero-order valence-electron chi connectivity index (χ0n) is 15.7. The van der Waals surface area contributed by atoms with Gasteiger partial charge in [-0.1, -0.05) is 35.3 Å². The summed E-state index contributed by atoms with van der Waals surface area (Å²) in [4.78, 5) is 12.7. The number of ether oxygens (including phenoxy) is 2. The molecule has 1 amide bonds. The van der Waals surface area contributed by atoms with Crippen molar-refractivity contribution in [3.63, 3.8) is 0 Å². The fraction of sp³-hybridized carbons (Fsp3) is 0.286. The minimum Gasteiger partial charge on any atom is -0.497 e. The monoisotopic (exact) mass is 423 g/mol. The second kappa shape index (κ2) is 10.4. The van der Waals surface area contributed by atoms with Crippen molar-refractivity contribution >= 4 is 29.1 Å². The van der Waals surface area contributed by atoms with Crippen LogP contribution in [0.2, 0.25) is 10.0 Å². The molecule has 2 rings (SSSR count). The minimum atomic E-state index is -0.823. The third kappa shape index (κ3) is 5.64. The Kier molecular flexibility index (Phi) is 8.18. The van der Waals surface area contributed by atoms with Gasteiger partial charge in [-0.2, -0.15) is 0 Å². The Morgan fingerprint density at radius 1 is 1.18 bits per heavy atom. The zero-order valence-corrected chi connectivity index (χ0v) is 17.3. The van der Waals surface area contributed by atoms with Gasteiger partial charge in [-0.25, -0.2) is 0 Å². The number of rotatable bonds is 9. The lowest BCUT2D eigenvalue weighted by Gasteiger charge is -2.24. The number of aliphatic hydroxyl groups is 1. The maximum absolute atomic E-state index is 12.7. The van der Waals surface area contributed by atoms with Crippen LogP contribution in [0, 0.1) is 0 Å². The van der Waals surface area contributed by atoms with Gasteiger partial charge in [-0.05, 0) is 42.7 Å². The lowest BCUT2D eigenvalue weighted by atomic mass is 9.97. The summed E-state index contributed by atoms with van der Waals surface area (Å²) in [6, 6.07) is 9.46. The summed E-state index contributed by atoms with van der Waals surface area (Å²) < 4.78 is 10.6. The number of amides is 1. The van der Waals surface area contributed by atoms with Crippen molar-refractivity contribution < 1.29 is 19.4 Å². The van der Waals surface area contributed by atoms with Gasteiger partial charge in [0.1, 0.15) is 11.5 Å². The first-order valence-corrected chi connectivity index (χ1v) is 9.41. The highest BCUT2D eigenvalue weighted by molar-refractivity contribution is 6.42. The van der Waals surface area contributed by atoms with Gasteiger partial charge in [0.2, 0.25) is 0 Å². The van der Waals surface area contributed by atoms with E-state index in [2.05, 4.69) is 11.9 Å². The third-order valence-corrected chi connectivity index (χ3v) is 5.04. The molecule has 2 aromatic carbocycles. The molecule has 2 N–H and O–H groups in total. The van der Waals surface area contributed by atoms with E-state index in [1.165, 1.54) is 6.07 Å². The molecule has 0 fully saturated rings. The largest absolute Gasteiger partial charge is 0.497 e. The Labute approximate surface area is 174 Å². The molecule has 28 heavy (non-hydrogen) atoms. The number of benzene rings is 2. The molecule has 0 aliphatic heterocycles. The smallest absolute Gasteiger partial charge is 0.251 e. The van der Waals surface area contributed by atoms with Crippen LogP contribution in [0.3, 0.4) is 0 Å². The molecule has 0 heterocycles. The predicted octanol–water partition coefficient (Wildman–Crippen LogP) is 4.29. The van der Waals surface area contributed by atoms with E-state index in [1.54, 1.807) is 44.6 Å². The zero-order chi connectivity index (χ0) is 20.7. The molecule has 0 radical (unpaired) electrons. The highest BCUT2D eigenvalue weighted by Crippen LogP contribution is 2.27. The van der Waals surface area contributed by atoms with Crippen LogP contribution in [-0.2, 0) is 6.42 Å². The molecule has 0 bridgehead atoms. The molecule has 5 nitrogen and oxygen atoms in total. The Morgan fingerprint density at radius 2 is 1.93 bits per heavy atom. The number of methoxy groups -OCH3 is 2. The minimum absolute atomic E-state index is 0.286. The van der Waals surface area contributed by atoms with Gasteiger partial charge in [0.05, 0.1) is 36.4 Å². The van der Waals surface area contributed by atoms with Crippen LogP contribution in [0.5, 0.6) is 11.5 Å². The van der Waals surface area contributed by atoms with E-state index in [0.29, 0.717) is 34.9 Å². The maximum atomic E-state index is 12.7. The molecule has 0 aromatic heterocycles. The van der Waals surface area contributed by atoms with Crippen molar-refractivity contribution in [1.82, 2.24) is 5.32 Å². The standard InChI is InChI=1S/C21H23Cl2NO4/c1-4-5-19(25)18(11-13-6-8-15(27-2)12-20(13)28-3)24-21(26)14-7-9-16(22)17(23)10-14/h4,6-10,12,18-19,25H,1,5,11H2,2-3H3,(H,24,26)/t18-,19?/m0/s1. The van der Waals surface area contributed by atoms with Crippen LogP contribution < -0.4 is 14.8 Å². The van der Waals surface area contributed by atoms with Crippen LogP contribution in [0.25, 0.3) is 0 Å². The van der Waals surface area contributed by atoms with E-state index in [0.717, 1.165) is 5.56 Å². The van der Waals surface area contributed by atoms with Crippen molar-refractivity contribution in [2.75, 3.05) is 14.2 Å². The van der Waals surface area contributed by atoms with Crippen LogP contribution in [0.4, 0.5) is 0 Å². The van der Waals surface area contributed by atoms with Gasteiger partial charge in [-0.15, -0.1) is 6.58 Å². The lowest BCUT2D eigenvalue weighted by molar-refractivity contribution is 0.0836. The second-order valence-electron chi connectivity index (χ2n) is 6.18. The highest BCUT2D eigenvalue weighted by Gasteiger charge is 2.23. The summed E-state index contributed by atoms with van der Waals surface area (Å²) in [6.45, 7) is 3.66. The van der Waals surface area contributed by atoms with E-state index in [9.17, 15) is 9.90 Å². The number of aliphatic hydroxyl groups excluding tert-OH is 1. The first kappa shape index (κ1) is 22.1. The molecule has 2 atom stereocenters. The fourth-order valence-corrected chi connectivity index (χ4v) is 3.06. The molecule has 0 saturated carbocycles. The number of nitrogens with one attached hydrogen (secondary N) is 1. The van der Waals surface area contributed by atoms with Crippen LogP contribution in [0.15, 0.2) is 49.1 Å². The topological polar surface area (TPSA) is 67.8 Å². The molecule has 1 unspecified atom stereocenters. The van der Waals surface area contributed by atoms with Crippen molar-refractivity contribution in [3.8, 4) is 11.5 Å². The Balaban J connectivity index is 2.26. The number of carbonyl (C=O) groups is 1. The van der Waals surface area contributed by atoms with Crippen LogP contribution in [0.1, 0.15) is 22.3 Å². The predicted molar refractivity (Wildman–Crippen MR) is 112 cm³/mol. The first-order valence-electron chi connectivity index (χ1n) is 8.65. The summed E-state index contributed by atoms with van der Waals surface area (Å²) >= 11 is 11.9. The van der Waals surface area contributed by atoms with Crippen molar-refractivity contribution in [2.24, 2.45) is 0 Å². The molecule has 0 spiro atoms.